The smallest absolute Gasteiger partial charge is 0.0637 e. The molecule has 0 amide bonds. The molecule has 0 aliphatic heterocycles. The van der Waals surface area contributed by atoms with Crippen molar-refractivity contribution in [3.05, 3.63) is 12.7 Å². The molecule has 1 unspecified atom stereocenters. The van der Waals surface area contributed by atoms with Crippen LogP contribution in [0, 0.1) is 0 Å². The van der Waals surface area contributed by atoms with Crippen molar-refractivity contribution in [2.75, 3.05) is 18.1 Å². The molecule has 0 aliphatic carbocycles. The van der Waals surface area contributed by atoms with Gasteiger partial charge in [0.15, 0.2) is 0 Å². The highest BCUT2D eigenvalue weighted by atomic mass is 32.2. The molecule has 0 fully saturated rings. The minimum absolute atomic E-state index is 0.398. The summed E-state index contributed by atoms with van der Waals surface area (Å²) in [5.41, 5.74) is 0. The molecule has 0 bridgehead atoms. The number of allylic oxidation sites excluding steroid dienone is 1. The average Bonchev–Trinajstić information content (AvgIpc) is 1.99. The predicted molar refractivity (Wildman–Crippen MR) is 53.2 cm³/mol. The van der Waals surface area contributed by atoms with Crippen LogP contribution >= 0.6 is 11.8 Å². The first-order valence-corrected chi connectivity index (χ1v) is 5.27. The van der Waals surface area contributed by atoms with E-state index >= 15 is 0 Å². The van der Waals surface area contributed by atoms with Crippen molar-refractivity contribution < 1.29 is 4.74 Å². The number of thioether (sulfide) groups is 1. The molecule has 0 saturated heterocycles. The molecule has 11 heavy (non-hydrogen) atoms. The zero-order valence-electron chi connectivity index (χ0n) is 7.51. The highest BCUT2D eigenvalue weighted by Gasteiger charge is 1.98. The van der Waals surface area contributed by atoms with Crippen molar-refractivity contribution in [1.82, 2.24) is 0 Å². The first-order chi connectivity index (χ1) is 5.31. The van der Waals surface area contributed by atoms with Crippen LogP contribution in [0.3, 0.4) is 0 Å². The first-order valence-electron chi connectivity index (χ1n) is 4.11. The second-order valence-electron chi connectivity index (χ2n) is 2.42. The molecule has 0 rings (SSSR count). The zero-order valence-corrected chi connectivity index (χ0v) is 8.32. The minimum atomic E-state index is 0.398. The summed E-state index contributed by atoms with van der Waals surface area (Å²) >= 11 is 1.93. The van der Waals surface area contributed by atoms with E-state index in [1.54, 1.807) is 0 Å². The summed E-state index contributed by atoms with van der Waals surface area (Å²) in [7, 11) is 0. The van der Waals surface area contributed by atoms with E-state index in [9.17, 15) is 0 Å². The molecule has 1 atom stereocenters. The van der Waals surface area contributed by atoms with Gasteiger partial charge in [0.05, 0.1) is 6.10 Å². The fourth-order valence-electron chi connectivity index (χ4n) is 0.749. The van der Waals surface area contributed by atoms with Gasteiger partial charge in [0.2, 0.25) is 0 Å². The normalized spacial score (nSPS) is 12.9. The lowest BCUT2D eigenvalue weighted by molar-refractivity contribution is 0.0932. The van der Waals surface area contributed by atoms with E-state index in [2.05, 4.69) is 13.5 Å². The molecule has 0 aromatic carbocycles. The van der Waals surface area contributed by atoms with Crippen LogP contribution in [0.15, 0.2) is 12.7 Å². The van der Waals surface area contributed by atoms with Crippen molar-refractivity contribution in [2.24, 2.45) is 0 Å². The molecule has 1 nitrogen and oxygen atoms in total. The molecule has 0 saturated carbocycles. The second kappa shape index (κ2) is 8.15. The summed E-state index contributed by atoms with van der Waals surface area (Å²) in [5.74, 6) is 2.27. The van der Waals surface area contributed by atoms with Gasteiger partial charge in [-0.3, -0.25) is 0 Å². The predicted octanol–water partition coefficient (Wildman–Crippen LogP) is 2.72. The topological polar surface area (TPSA) is 9.23 Å². The quantitative estimate of drug-likeness (QED) is 0.433. The van der Waals surface area contributed by atoms with Gasteiger partial charge >= 0.3 is 0 Å². The third-order valence-corrected chi connectivity index (χ3v) is 2.50. The Hall–Kier alpha value is 0.0500. The van der Waals surface area contributed by atoms with Crippen molar-refractivity contribution >= 4 is 11.8 Å². The molecule has 0 N–H and O–H groups in total. The molecular formula is C9H18OS. The summed E-state index contributed by atoms with van der Waals surface area (Å²) in [6, 6.07) is 0. The highest BCUT2D eigenvalue weighted by Crippen LogP contribution is 2.06. The van der Waals surface area contributed by atoms with Crippen LogP contribution in [-0.4, -0.2) is 24.2 Å². The van der Waals surface area contributed by atoms with Gasteiger partial charge in [0, 0.05) is 12.4 Å². The van der Waals surface area contributed by atoms with E-state index in [1.165, 1.54) is 5.75 Å². The fraction of sp³-hybridized carbons (Fsp3) is 0.778. The third-order valence-electron chi connectivity index (χ3n) is 1.27. The molecule has 0 aliphatic rings. The summed E-state index contributed by atoms with van der Waals surface area (Å²) in [6.07, 6.45) is 3.46. The van der Waals surface area contributed by atoms with Crippen LogP contribution < -0.4 is 0 Å². The van der Waals surface area contributed by atoms with Crippen LogP contribution in [0.25, 0.3) is 0 Å². The Morgan fingerprint density at radius 3 is 2.91 bits per heavy atom. The Morgan fingerprint density at radius 1 is 1.64 bits per heavy atom. The fourth-order valence-corrected chi connectivity index (χ4v) is 1.68. The summed E-state index contributed by atoms with van der Waals surface area (Å²) in [6.45, 7) is 8.64. The van der Waals surface area contributed by atoms with E-state index in [1.807, 2.05) is 24.8 Å². The summed E-state index contributed by atoms with van der Waals surface area (Å²) in [4.78, 5) is 0. The minimum Gasteiger partial charge on any atom is -0.378 e. The number of ether oxygens (including phenoxy) is 1. The molecule has 0 heterocycles. The maximum absolute atomic E-state index is 5.38. The van der Waals surface area contributed by atoms with Gasteiger partial charge in [-0.25, -0.2) is 0 Å². The standard InChI is InChI=1S/C9H18OS/c1-4-6-7-11-8-9(3)10-5-2/h4,9H,1,5-8H2,2-3H3. The molecule has 2 heteroatoms. The number of hydrogen-bond acceptors (Lipinski definition) is 2. The lowest BCUT2D eigenvalue weighted by Gasteiger charge is -2.09. The lowest BCUT2D eigenvalue weighted by atomic mass is 10.5. The van der Waals surface area contributed by atoms with E-state index in [4.69, 9.17) is 4.74 Å². The van der Waals surface area contributed by atoms with E-state index < -0.39 is 0 Å². The van der Waals surface area contributed by atoms with Crippen LogP contribution in [0.5, 0.6) is 0 Å². The maximum Gasteiger partial charge on any atom is 0.0637 e. The van der Waals surface area contributed by atoms with Gasteiger partial charge < -0.3 is 4.74 Å². The Morgan fingerprint density at radius 2 is 2.36 bits per heavy atom. The van der Waals surface area contributed by atoms with E-state index in [-0.39, 0.29) is 0 Å². The Labute approximate surface area is 74.2 Å². The van der Waals surface area contributed by atoms with Crippen LogP contribution in [0.1, 0.15) is 20.3 Å². The second-order valence-corrected chi connectivity index (χ2v) is 3.57. The molecule has 0 spiro atoms. The van der Waals surface area contributed by atoms with E-state index in [0.717, 1.165) is 18.8 Å². The van der Waals surface area contributed by atoms with Crippen molar-refractivity contribution in [3.8, 4) is 0 Å². The van der Waals surface area contributed by atoms with Crippen LogP contribution in [0.2, 0.25) is 0 Å². The van der Waals surface area contributed by atoms with Crippen molar-refractivity contribution in [3.63, 3.8) is 0 Å². The highest BCUT2D eigenvalue weighted by molar-refractivity contribution is 7.99. The van der Waals surface area contributed by atoms with Gasteiger partial charge in [0.25, 0.3) is 0 Å². The van der Waals surface area contributed by atoms with Gasteiger partial charge in [-0.05, 0) is 26.0 Å². The summed E-state index contributed by atoms with van der Waals surface area (Å²) in [5, 5.41) is 0. The van der Waals surface area contributed by atoms with Crippen molar-refractivity contribution in [1.29, 1.82) is 0 Å². The monoisotopic (exact) mass is 174 g/mol. The number of rotatable bonds is 7. The zero-order chi connectivity index (χ0) is 8.53. The van der Waals surface area contributed by atoms with Gasteiger partial charge in [0.1, 0.15) is 0 Å². The lowest BCUT2D eigenvalue weighted by Crippen LogP contribution is -2.10. The Kier molecular flexibility index (Phi) is 8.19. The first kappa shape index (κ1) is 11.1. The molecular weight excluding hydrogens is 156 g/mol. The van der Waals surface area contributed by atoms with Crippen molar-refractivity contribution in [2.45, 2.75) is 26.4 Å². The molecule has 0 aromatic rings. The molecule has 0 aromatic heterocycles. The largest absolute Gasteiger partial charge is 0.378 e. The van der Waals surface area contributed by atoms with Gasteiger partial charge in [-0.2, -0.15) is 11.8 Å². The SMILES string of the molecule is C=CCCSCC(C)OCC. The van der Waals surface area contributed by atoms with Crippen LogP contribution in [-0.2, 0) is 4.74 Å². The van der Waals surface area contributed by atoms with Gasteiger partial charge in [-0.15, -0.1) is 6.58 Å². The maximum atomic E-state index is 5.38. The Balaban J connectivity index is 3.03. The number of hydrogen-bond donors (Lipinski definition) is 0. The van der Waals surface area contributed by atoms with E-state index in [0.29, 0.717) is 6.10 Å². The van der Waals surface area contributed by atoms with Gasteiger partial charge in [-0.1, -0.05) is 6.08 Å². The molecule has 66 valence electrons. The Bertz CT molecular complexity index is 93.6. The summed E-state index contributed by atoms with van der Waals surface area (Å²) < 4.78 is 5.38. The molecule has 0 radical (unpaired) electrons. The van der Waals surface area contributed by atoms with Crippen LogP contribution in [0.4, 0.5) is 0 Å². The third kappa shape index (κ3) is 7.95. The average molecular weight is 174 g/mol.